The first-order chi connectivity index (χ1) is 17.2. The summed E-state index contributed by atoms with van der Waals surface area (Å²) in [6, 6.07) is 20.6. The Morgan fingerprint density at radius 1 is 1.09 bits per heavy atom. The molecule has 6 rings (SSSR count). The number of hydrogen-bond acceptors (Lipinski definition) is 6. The molecule has 35 heavy (non-hydrogen) atoms. The van der Waals surface area contributed by atoms with Crippen LogP contribution >= 0.6 is 0 Å². The van der Waals surface area contributed by atoms with Gasteiger partial charge in [0.15, 0.2) is 5.76 Å². The zero-order chi connectivity index (χ0) is 23.8. The summed E-state index contributed by atoms with van der Waals surface area (Å²) in [4.78, 5) is 27.4. The van der Waals surface area contributed by atoms with Gasteiger partial charge in [0.05, 0.1) is 24.2 Å². The Kier molecular flexibility index (Phi) is 5.33. The second kappa shape index (κ2) is 8.79. The van der Waals surface area contributed by atoms with Gasteiger partial charge in [0, 0.05) is 24.8 Å². The zero-order valence-corrected chi connectivity index (χ0v) is 19.0. The average molecular weight is 469 g/mol. The lowest BCUT2D eigenvalue weighted by molar-refractivity contribution is -0.131. The number of hydrogen-bond donors (Lipinski definition) is 1. The fourth-order valence-corrected chi connectivity index (χ4v) is 4.73. The topological polar surface area (TPSA) is 91.3 Å². The lowest BCUT2D eigenvalue weighted by Gasteiger charge is -2.22. The summed E-state index contributed by atoms with van der Waals surface area (Å²) in [5.41, 5.74) is 3.00. The summed E-state index contributed by atoms with van der Waals surface area (Å²) >= 11 is 0. The molecular formula is C27H24N4O4. The number of carbonyl (C=O) groups excluding carboxylic acids is 2. The van der Waals surface area contributed by atoms with Gasteiger partial charge in [-0.25, -0.2) is 5.01 Å². The fraction of sp³-hybridized carbons (Fsp3) is 0.222. The molecule has 1 N–H and O–H groups in total. The number of fused-ring (bicyclic) bond motifs is 1. The van der Waals surface area contributed by atoms with Crippen LogP contribution in [0.1, 0.15) is 36.8 Å². The smallest absolute Gasteiger partial charge is 0.262 e. The van der Waals surface area contributed by atoms with E-state index >= 15 is 0 Å². The Labute approximate surface area is 201 Å². The summed E-state index contributed by atoms with van der Waals surface area (Å²) in [5, 5.41) is 10.3. The molecule has 2 aromatic heterocycles. The highest BCUT2D eigenvalue weighted by Gasteiger charge is 2.36. The molecule has 0 spiro atoms. The maximum Gasteiger partial charge on any atom is 0.262 e. The molecule has 4 heterocycles. The maximum absolute atomic E-state index is 13.4. The Bertz CT molecular complexity index is 1390. The highest BCUT2D eigenvalue weighted by atomic mass is 16.3. The molecule has 2 aliphatic rings. The van der Waals surface area contributed by atoms with Crippen molar-refractivity contribution in [2.24, 2.45) is 5.10 Å². The third-order valence-electron chi connectivity index (χ3n) is 6.45. The van der Waals surface area contributed by atoms with E-state index < -0.39 is 0 Å². The van der Waals surface area contributed by atoms with Gasteiger partial charge in [-0.05, 0) is 42.8 Å². The lowest BCUT2D eigenvalue weighted by Crippen LogP contribution is -2.32. The summed E-state index contributed by atoms with van der Waals surface area (Å²) in [6.07, 6.45) is 3.46. The van der Waals surface area contributed by atoms with E-state index in [2.05, 4.69) is 10.4 Å². The monoisotopic (exact) mass is 468 g/mol. The van der Waals surface area contributed by atoms with Crippen LogP contribution in [-0.2, 0) is 9.59 Å². The van der Waals surface area contributed by atoms with Crippen molar-refractivity contribution in [2.75, 3.05) is 23.3 Å². The normalized spacial score (nSPS) is 17.9. The second-order valence-corrected chi connectivity index (χ2v) is 8.69. The highest BCUT2D eigenvalue weighted by Crippen LogP contribution is 2.35. The number of hydrazone groups is 1. The van der Waals surface area contributed by atoms with E-state index in [-0.39, 0.29) is 24.4 Å². The molecule has 0 bridgehead atoms. The van der Waals surface area contributed by atoms with Crippen LogP contribution in [-0.4, -0.2) is 35.6 Å². The molecule has 2 aliphatic heterocycles. The van der Waals surface area contributed by atoms with E-state index in [0.717, 1.165) is 28.8 Å². The van der Waals surface area contributed by atoms with Crippen LogP contribution in [0.25, 0.3) is 11.0 Å². The predicted octanol–water partition coefficient (Wildman–Crippen LogP) is 4.94. The third-order valence-corrected chi connectivity index (χ3v) is 6.45. The van der Waals surface area contributed by atoms with E-state index in [1.165, 1.54) is 5.01 Å². The van der Waals surface area contributed by atoms with Gasteiger partial charge in [-0.3, -0.25) is 9.59 Å². The van der Waals surface area contributed by atoms with Gasteiger partial charge >= 0.3 is 0 Å². The number of rotatable bonds is 6. The Balaban J connectivity index is 1.25. The molecule has 0 saturated carbocycles. The van der Waals surface area contributed by atoms with Crippen molar-refractivity contribution in [3.05, 3.63) is 84.5 Å². The summed E-state index contributed by atoms with van der Waals surface area (Å²) < 4.78 is 11.6. The largest absolute Gasteiger partial charge is 0.467 e. The molecule has 8 nitrogen and oxygen atoms in total. The second-order valence-electron chi connectivity index (χ2n) is 8.69. The first-order valence-corrected chi connectivity index (χ1v) is 11.7. The van der Waals surface area contributed by atoms with Gasteiger partial charge in [0.1, 0.15) is 23.1 Å². The molecule has 176 valence electrons. The van der Waals surface area contributed by atoms with Crippen molar-refractivity contribution in [1.82, 2.24) is 5.01 Å². The molecule has 0 unspecified atom stereocenters. The van der Waals surface area contributed by atoms with E-state index in [1.54, 1.807) is 17.2 Å². The fourth-order valence-electron chi connectivity index (χ4n) is 4.73. The average Bonchev–Trinajstić information content (AvgIpc) is 3.68. The number of nitrogens with zero attached hydrogens (tertiary/aromatic N) is 3. The van der Waals surface area contributed by atoms with Gasteiger partial charge in [0.25, 0.3) is 5.91 Å². The molecular weight excluding hydrogens is 444 g/mol. The van der Waals surface area contributed by atoms with Gasteiger partial charge in [-0.2, -0.15) is 5.10 Å². The van der Waals surface area contributed by atoms with Gasteiger partial charge in [-0.15, -0.1) is 0 Å². The number of anilines is 2. The van der Waals surface area contributed by atoms with E-state index in [9.17, 15) is 9.59 Å². The number of nitrogens with one attached hydrogen (secondary N) is 1. The molecule has 1 atom stereocenters. The summed E-state index contributed by atoms with van der Waals surface area (Å²) in [6.45, 7) is 0.705. The standard InChI is InChI=1S/C27H24N4O4/c32-26-12-5-13-30(26)21-9-3-2-8-19(21)28-17-27(33)31-22(24-11-6-14-34-24)16-20(29-31)25-15-18-7-1-4-10-23(18)35-25/h1-4,6-11,14-15,22,28H,5,12-13,16-17H2/t22-/m0/s1. The quantitative estimate of drug-likeness (QED) is 0.433. The third kappa shape index (κ3) is 3.97. The molecule has 0 aliphatic carbocycles. The van der Waals surface area contributed by atoms with Crippen molar-refractivity contribution in [3.8, 4) is 0 Å². The van der Waals surface area contributed by atoms with Crippen LogP contribution < -0.4 is 10.2 Å². The van der Waals surface area contributed by atoms with Crippen molar-refractivity contribution >= 4 is 39.9 Å². The van der Waals surface area contributed by atoms with Crippen molar-refractivity contribution in [3.63, 3.8) is 0 Å². The van der Waals surface area contributed by atoms with Crippen molar-refractivity contribution < 1.29 is 18.4 Å². The molecule has 1 saturated heterocycles. The minimum Gasteiger partial charge on any atom is -0.467 e. The summed E-state index contributed by atoms with van der Waals surface area (Å²) in [5.74, 6) is 1.20. The molecule has 4 aromatic rings. The number of benzene rings is 2. The molecule has 1 fully saturated rings. The van der Waals surface area contributed by atoms with Gasteiger partial charge in [-0.1, -0.05) is 30.3 Å². The predicted molar refractivity (Wildman–Crippen MR) is 132 cm³/mol. The molecule has 2 aromatic carbocycles. The zero-order valence-electron chi connectivity index (χ0n) is 19.0. The van der Waals surface area contributed by atoms with E-state index in [1.807, 2.05) is 60.7 Å². The first kappa shape index (κ1) is 21.2. The van der Waals surface area contributed by atoms with Crippen LogP contribution in [0.5, 0.6) is 0 Å². The van der Waals surface area contributed by atoms with E-state index in [4.69, 9.17) is 8.83 Å². The van der Waals surface area contributed by atoms with Crippen molar-refractivity contribution in [2.45, 2.75) is 25.3 Å². The number of amides is 2. The van der Waals surface area contributed by atoms with E-state index in [0.29, 0.717) is 36.6 Å². The Morgan fingerprint density at radius 2 is 1.94 bits per heavy atom. The van der Waals surface area contributed by atoms with Crippen LogP contribution in [0.4, 0.5) is 11.4 Å². The molecule has 2 amide bonds. The number of para-hydroxylation sites is 3. The van der Waals surface area contributed by atoms with Crippen molar-refractivity contribution in [1.29, 1.82) is 0 Å². The SMILES string of the molecule is O=C1CCCN1c1ccccc1NCC(=O)N1N=C(c2cc3ccccc3o2)C[C@H]1c1ccco1. The van der Waals surface area contributed by atoms with Crippen LogP contribution in [0, 0.1) is 0 Å². The summed E-state index contributed by atoms with van der Waals surface area (Å²) in [7, 11) is 0. The Hall–Kier alpha value is -4.33. The Morgan fingerprint density at radius 3 is 2.74 bits per heavy atom. The highest BCUT2D eigenvalue weighted by molar-refractivity contribution is 6.04. The minimum absolute atomic E-state index is 0.0210. The minimum atomic E-state index is -0.363. The number of furan rings is 2. The molecule has 8 heteroatoms. The first-order valence-electron chi connectivity index (χ1n) is 11.7. The van der Waals surface area contributed by atoms with Gasteiger partial charge in [0.2, 0.25) is 5.91 Å². The van der Waals surface area contributed by atoms with Gasteiger partial charge < -0.3 is 19.1 Å². The van der Waals surface area contributed by atoms with Crippen LogP contribution in [0.3, 0.4) is 0 Å². The van der Waals surface area contributed by atoms with Crippen LogP contribution in [0.15, 0.2) is 86.9 Å². The molecule has 0 radical (unpaired) electrons. The van der Waals surface area contributed by atoms with Crippen LogP contribution in [0.2, 0.25) is 0 Å². The maximum atomic E-state index is 13.4. The number of carbonyl (C=O) groups is 2. The lowest BCUT2D eigenvalue weighted by atomic mass is 10.1.